The molecule has 1 saturated carbocycles. The van der Waals surface area contributed by atoms with E-state index in [2.05, 4.69) is 52.0 Å². The number of halogens is 1. The highest BCUT2D eigenvalue weighted by molar-refractivity contribution is 6.62. The molecule has 0 atom stereocenters. The van der Waals surface area contributed by atoms with Crippen molar-refractivity contribution in [2.24, 2.45) is 5.73 Å². The number of benzene rings is 1. The van der Waals surface area contributed by atoms with Crippen molar-refractivity contribution >= 4 is 25.0 Å². The average molecular weight is 324 g/mol. The van der Waals surface area contributed by atoms with Crippen LogP contribution in [-0.4, -0.2) is 18.3 Å². The minimum absolute atomic E-state index is 0. The van der Waals surface area contributed by atoms with Crippen LogP contribution in [0.5, 0.6) is 0 Å². The number of hydrogen-bond donors (Lipinski definition) is 1. The molecule has 2 N–H and O–H groups in total. The molecule has 3 rings (SSSR count). The summed E-state index contributed by atoms with van der Waals surface area (Å²) in [5, 5.41) is 0. The molecule has 1 heterocycles. The van der Waals surface area contributed by atoms with Gasteiger partial charge in [0.2, 0.25) is 0 Å². The van der Waals surface area contributed by atoms with E-state index in [4.69, 9.17) is 15.0 Å². The second-order valence-electron chi connectivity index (χ2n) is 7.57. The molecule has 0 aromatic heterocycles. The van der Waals surface area contributed by atoms with E-state index in [9.17, 15) is 0 Å². The van der Waals surface area contributed by atoms with Crippen LogP contribution in [0, 0.1) is 0 Å². The Hall–Kier alpha value is -0.545. The Bertz CT molecular complexity index is 508. The minimum atomic E-state index is -0.295. The van der Waals surface area contributed by atoms with Gasteiger partial charge in [-0.05, 0) is 51.6 Å². The second kappa shape index (κ2) is 5.83. The van der Waals surface area contributed by atoms with Crippen LogP contribution in [0.25, 0.3) is 0 Å². The molecule has 2 fully saturated rings. The van der Waals surface area contributed by atoms with E-state index in [1.807, 2.05) is 0 Å². The highest BCUT2D eigenvalue weighted by Gasteiger charge is 2.51. The Morgan fingerprint density at radius 2 is 1.36 bits per heavy atom. The largest absolute Gasteiger partial charge is 0.494 e. The summed E-state index contributed by atoms with van der Waals surface area (Å²) in [4.78, 5) is 0. The van der Waals surface area contributed by atoms with Crippen molar-refractivity contribution in [1.82, 2.24) is 0 Å². The maximum absolute atomic E-state index is 6.51. The molecule has 0 bridgehead atoms. The summed E-state index contributed by atoms with van der Waals surface area (Å²) in [6, 6.07) is 8.49. The van der Waals surface area contributed by atoms with Crippen molar-refractivity contribution in [2.45, 2.75) is 70.1 Å². The van der Waals surface area contributed by atoms with Gasteiger partial charge in [0.25, 0.3) is 0 Å². The first-order valence-corrected chi connectivity index (χ1v) is 7.99. The Morgan fingerprint density at radius 3 is 1.82 bits per heavy atom. The molecular formula is C17H27BClNO2. The van der Waals surface area contributed by atoms with Gasteiger partial charge in [0.1, 0.15) is 0 Å². The van der Waals surface area contributed by atoms with Crippen molar-refractivity contribution < 1.29 is 9.31 Å². The molecule has 3 nitrogen and oxygen atoms in total. The molecule has 0 amide bonds. The fourth-order valence-corrected chi connectivity index (χ4v) is 3.25. The molecule has 0 radical (unpaired) electrons. The van der Waals surface area contributed by atoms with Crippen molar-refractivity contribution in [2.75, 3.05) is 0 Å². The van der Waals surface area contributed by atoms with Gasteiger partial charge < -0.3 is 15.0 Å². The molecule has 0 spiro atoms. The molecule has 22 heavy (non-hydrogen) atoms. The Morgan fingerprint density at radius 1 is 0.909 bits per heavy atom. The van der Waals surface area contributed by atoms with Crippen LogP contribution in [0.2, 0.25) is 0 Å². The van der Waals surface area contributed by atoms with Gasteiger partial charge in [0.15, 0.2) is 0 Å². The van der Waals surface area contributed by atoms with Gasteiger partial charge in [0, 0.05) is 5.54 Å². The predicted molar refractivity (Wildman–Crippen MR) is 93.7 cm³/mol. The van der Waals surface area contributed by atoms with Crippen LogP contribution >= 0.6 is 12.4 Å². The van der Waals surface area contributed by atoms with Crippen LogP contribution in [0.4, 0.5) is 0 Å². The Labute approximate surface area is 140 Å². The normalized spacial score (nSPS) is 25.0. The fourth-order valence-electron chi connectivity index (χ4n) is 3.25. The maximum Gasteiger partial charge on any atom is 0.494 e. The molecule has 1 aromatic carbocycles. The van der Waals surface area contributed by atoms with Crippen molar-refractivity contribution in [1.29, 1.82) is 0 Å². The molecule has 1 aliphatic carbocycles. The zero-order valence-electron chi connectivity index (χ0n) is 14.0. The van der Waals surface area contributed by atoms with Crippen LogP contribution < -0.4 is 11.2 Å². The SMILES string of the molecule is CC1(C)OB(c2ccc(C3(N)CCCC3)cc2)OC1(C)C.Cl. The summed E-state index contributed by atoms with van der Waals surface area (Å²) in [5.74, 6) is 0. The van der Waals surface area contributed by atoms with Crippen LogP contribution in [-0.2, 0) is 14.8 Å². The highest BCUT2D eigenvalue weighted by atomic mass is 35.5. The Balaban J connectivity index is 0.00000176. The smallest absolute Gasteiger partial charge is 0.399 e. The monoisotopic (exact) mass is 323 g/mol. The fraction of sp³-hybridized carbons (Fsp3) is 0.647. The summed E-state index contributed by atoms with van der Waals surface area (Å²) in [6.45, 7) is 8.31. The van der Waals surface area contributed by atoms with E-state index in [1.54, 1.807) is 0 Å². The van der Waals surface area contributed by atoms with E-state index in [-0.39, 0.29) is 36.3 Å². The van der Waals surface area contributed by atoms with E-state index in [0.717, 1.165) is 18.3 Å². The lowest BCUT2D eigenvalue weighted by atomic mass is 9.77. The lowest BCUT2D eigenvalue weighted by Gasteiger charge is -2.32. The zero-order chi connectivity index (χ0) is 15.3. The van der Waals surface area contributed by atoms with Gasteiger partial charge in [0.05, 0.1) is 11.2 Å². The lowest BCUT2D eigenvalue weighted by molar-refractivity contribution is 0.00578. The van der Waals surface area contributed by atoms with E-state index >= 15 is 0 Å². The quantitative estimate of drug-likeness (QED) is 0.850. The van der Waals surface area contributed by atoms with Gasteiger partial charge in [-0.3, -0.25) is 0 Å². The molecule has 0 unspecified atom stereocenters. The molecule has 122 valence electrons. The molecular weight excluding hydrogens is 296 g/mol. The summed E-state index contributed by atoms with van der Waals surface area (Å²) < 4.78 is 12.2. The van der Waals surface area contributed by atoms with E-state index < -0.39 is 0 Å². The number of rotatable bonds is 2. The van der Waals surface area contributed by atoms with Crippen molar-refractivity contribution in [3.05, 3.63) is 29.8 Å². The Kier molecular flexibility index (Phi) is 4.71. The van der Waals surface area contributed by atoms with Crippen molar-refractivity contribution in [3.63, 3.8) is 0 Å². The standard InChI is InChI=1S/C17H26BNO2.ClH/c1-15(2)16(3,4)21-18(20-15)14-9-7-13(8-10-14)17(19)11-5-6-12-17;/h7-10H,5-6,11-12,19H2,1-4H3;1H. The van der Waals surface area contributed by atoms with Crippen LogP contribution in [0.3, 0.4) is 0 Å². The first-order valence-electron chi connectivity index (χ1n) is 7.99. The molecule has 1 saturated heterocycles. The molecule has 5 heteroatoms. The third-order valence-corrected chi connectivity index (χ3v) is 5.51. The first-order chi connectivity index (χ1) is 9.74. The third kappa shape index (κ3) is 2.94. The van der Waals surface area contributed by atoms with Crippen LogP contribution in [0.1, 0.15) is 58.9 Å². The minimum Gasteiger partial charge on any atom is -0.399 e. The van der Waals surface area contributed by atoms with Gasteiger partial charge in [-0.1, -0.05) is 37.1 Å². The summed E-state index contributed by atoms with van der Waals surface area (Å²) >= 11 is 0. The van der Waals surface area contributed by atoms with Gasteiger partial charge in [-0.15, -0.1) is 12.4 Å². The molecule has 1 aliphatic heterocycles. The maximum atomic E-state index is 6.51. The molecule has 2 aliphatic rings. The zero-order valence-corrected chi connectivity index (χ0v) is 14.8. The third-order valence-electron chi connectivity index (χ3n) is 5.51. The average Bonchev–Trinajstić information content (AvgIpc) is 2.93. The lowest BCUT2D eigenvalue weighted by Crippen LogP contribution is -2.41. The van der Waals surface area contributed by atoms with Crippen LogP contribution in [0.15, 0.2) is 24.3 Å². The first kappa shape index (κ1) is 17.8. The van der Waals surface area contributed by atoms with Gasteiger partial charge in [-0.2, -0.15) is 0 Å². The topological polar surface area (TPSA) is 44.5 Å². The van der Waals surface area contributed by atoms with Gasteiger partial charge in [-0.25, -0.2) is 0 Å². The van der Waals surface area contributed by atoms with E-state index in [1.165, 1.54) is 18.4 Å². The number of hydrogen-bond acceptors (Lipinski definition) is 3. The van der Waals surface area contributed by atoms with Crippen molar-refractivity contribution in [3.8, 4) is 0 Å². The summed E-state index contributed by atoms with van der Waals surface area (Å²) in [7, 11) is -0.290. The number of nitrogens with two attached hydrogens (primary N) is 1. The second-order valence-corrected chi connectivity index (χ2v) is 7.57. The summed E-state index contributed by atoms with van der Waals surface area (Å²) in [6.07, 6.45) is 4.64. The predicted octanol–water partition coefficient (Wildman–Crippen LogP) is 3.14. The van der Waals surface area contributed by atoms with E-state index in [0.29, 0.717) is 0 Å². The highest BCUT2D eigenvalue weighted by Crippen LogP contribution is 2.38. The van der Waals surface area contributed by atoms with Gasteiger partial charge >= 0.3 is 7.12 Å². The molecule has 1 aromatic rings. The summed E-state index contributed by atoms with van der Waals surface area (Å²) in [5.41, 5.74) is 8.09.